The van der Waals surface area contributed by atoms with Gasteiger partial charge in [0.2, 0.25) is 0 Å². The number of nitrogens with zero attached hydrogens (tertiary/aromatic N) is 2. The Hall–Kier alpha value is -2.63. The normalized spacial score (nSPS) is 13.5. The van der Waals surface area contributed by atoms with Gasteiger partial charge in [0.15, 0.2) is 0 Å². The number of methoxy groups -OCH3 is 1. The lowest BCUT2D eigenvalue weighted by molar-refractivity contribution is 0.0601. The van der Waals surface area contributed by atoms with Gasteiger partial charge in [-0.1, -0.05) is 6.07 Å². The summed E-state index contributed by atoms with van der Waals surface area (Å²) in [4.78, 5) is 20.3. The number of carbonyl (C=O) groups is 1. The van der Waals surface area contributed by atoms with E-state index in [1.54, 1.807) is 18.2 Å². The lowest BCUT2D eigenvalue weighted by Crippen LogP contribution is -2.06. The van der Waals surface area contributed by atoms with Crippen LogP contribution in [0.5, 0.6) is 0 Å². The van der Waals surface area contributed by atoms with Crippen molar-refractivity contribution in [1.29, 1.82) is 0 Å². The molecule has 1 heterocycles. The van der Waals surface area contributed by atoms with Crippen molar-refractivity contribution in [3.63, 3.8) is 0 Å². The van der Waals surface area contributed by atoms with Crippen molar-refractivity contribution in [2.45, 2.75) is 25.8 Å². The fraction of sp³-hybridized carbons (Fsp3) is 0.312. The number of carbonyl (C=O) groups excluding carboxylic acids is 1. The molecule has 1 aliphatic carbocycles. The van der Waals surface area contributed by atoms with Gasteiger partial charge in [-0.3, -0.25) is 0 Å². The Balaban J connectivity index is 1.80. The number of aryl methyl sites for hydroxylation is 1. The number of aromatic nitrogens is 2. The summed E-state index contributed by atoms with van der Waals surface area (Å²) in [6, 6.07) is 9.52. The molecule has 0 spiro atoms. The lowest BCUT2D eigenvalue weighted by atomic mass is 10.2. The summed E-state index contributed by atoms with van der Waals surface area (Å²) < 4.78 is 4.73. The van der Waals surface area contributed by atoms with Crippen molar-refractivity contribution < 1.29 is 9.53 Å². The van der Waals surface area contributed by atoms with Gasteiger partial charge in [0, 0.05) is 17.8 Å². The van der Waals surface area contributed by atoms with E-state index in [2.05, 4.69) is 20.6 Å². The Morgan fingerprint density at radius 1 is 1.23 bits per heavy atom. The van der Waals surface area contributed by atoms with Crippen LogP contribution in [0.1, 0.15) is 29.0 Å². The molecule has 6 heteroatoms. The average molecular weight is 298 g/mol. The molecule has 3 rings (SSSR count). The van der Waals surface area contributed by atoms with Crippen molar-refractivity contribution in [3.8, 4) is 0 Å². The molecule has 1 aromatic carbocycles. The zero-order valence-electron chi connectivity index (χ0n) is 12.6. The number of hydrogen-bond acceptors (Lipinski definition) is 6. The Kier molecular flexibility index (Phi) is 3.91. The summed E-state index contributed by atoms with van der Waals surface area (Å²) in [5.41, 5.74) is 1.27. The number of anilines is 3. The molecule has 1 saturated carbocycles. The first kappa shape index (κ1) is 14.3. The van der Waals surface area contributed by atoms with Crippen LogP contribution in [0.15, 0.2) is 30.3 Å². The quantitative estimate of drug-likeness (QED) is 0.827. The summed E-state index contributed by atoms with van der Waals surface area (Å²) in [6.45, 7) is 1.86. The van der Waals surface area contributed by atoms with E-state index in [0.29, 0.717) is 23.2 Å². The number of hydrogen-bond donors (Lipinski definition) is 2. The minimum absolute atomic E-state index is 0.362. The highest BCUT2D eigenvalue weighted by atomic mass is 16.5. The zero-order valence-corrected chi connectivity index (χ0v) is 12.6. The molecule has 0 saturated heterocycles. The summed E-state index contributed by atoms with van der Waals surface area (Å²) in [6.07, 6.45) is 2.37. The highest BCUT2D eigenvalue weighted by Crippen LogP contribution is 2.25. The van der Waals surface area contributed by atoms with Crippen molar-refractivity contribution >= 4 is 23.3 Å². The maximum absolute atomic E-state index is 11.6. The summed E-state index contributed by atoms with van der Waals surface area (Å²) in [7, 11) is 1.37. The van der Waals surface area contributed by atoms with Crippen LogP contribution in [0.2, 0.25) is 0 Å². The molecular formula is C16H18N4O2. The molecule has 0 bridgehead atoms. The second-order valence-corrected chi connectivity index (χ2v) is 5.30. The third kappa shape index (κ3) is 3.52. The van der Waals surface area contributed by atoms with Crippen LogP contribution in [0.3, 0.4) is 0 Å². The number of ether oxygens (including phenoxy) is 1. The molecule has 1 aromatic heterocycles. The fourth-order valence-electron chi connectivity index (χ4n) is 2.13. The van der Waals surface area contributed by atoms with E-state index in [4.69, 9.17) is 4.74 Å². The molecule has 2 N–H and O–H groups in total. The first-order chi connectivity index (χ1) is 10.6. The Labute approximate surface area is 128 Å². The van der Waals surface area contributed by atoms with Gasteiger partial charge in [-0.25, -0.2) is 14.8 Å². The van der Waals surface area contributed by atoms with E-state index in [9.17, 15) is 4.79 Å². The zero-order chi connectivity index (χ0) is 15.5. The van der Waals surface area contributed by atoms with Gasteiger partial charge >= 0.3 is 5.97 Å². The van der Waals surface area contributed by atoms with Gasteiger partial charge in [0.05, 0.1) is 12.7 Å². The number of nitrogens with one attached hydrogen (secondary N) is 2. The van der Waals surface area contributed by atoms with E-state index in [1.807, 2.05) is 19.1 Å². The minimum Gasteiger partial charge on any atom is -0.465 e. The van der Waals surface area contributed by atoms with Gasteiger partial charge in [-0.2, -0.15) is 0 Å². The smallest absolute Gasteiger partial charge is 0.337 e. The van der Waals surface area contributed by atoms with Crippen LogP contribution < -0.4 is 10.6 Å². The van der Waals surface area contributed by atoms with Crippen molar-refractivity contribution in [2.24, 2.45) is 0 Å². The van der Waals surface area contributed by atoms with Gasteiger partial charge in [-0.05, 0) is 38.0 Å². The molecule has 0 unspecified atom stereocenters. The number of benzene rings is 1. The van der Waals surface area contributed by atoms with Crippen molar-refractivity contribution in [2.75, 3.05) is 17.7 Å². The van der Waals surface area contributed by atoms with Crippen LogP contribution >= 0.6 is 0 Å². The molecular weight excluding hydrogens is 280 g/mol. The van der Waals surface area contributed by atoms with E-state index >= 15 is 0 Å². The monoisotopic (exact) mass is 298 g/mol. The SMILES string of the molecule is COC(=O)c1cccc(Nc2cc(NC3CC3)nc(C)n2)c1. The largest absolute Gasteiger partial charge is 0.465 e. The second kappa shape index (κ2) is 6.01. The molecule has 0 atom stereocenters. The standard InChI is InChI=1S/C16H18N4O2/c1-10-17-14(19-12-6-7-12)9-15(18-10)20-13-5-3-4-11(8-13)16(21)22-2/h3-5,8-9,12H,6-7H2,1-2H3,(H2,17,18,19,20). The number of esters is 1. The Bertz CT molecular complexity index is 698. The van der Waals surface area contributed by atoms with Crippen LogP contribution in [0.25, 0.3) is 0 Å². The lowest BCUT2D eigenvalue weighted by Gasteiger charge is -2.10. The molecule has 114 valence electrons. The van der Waals surface area contributed by atoms with Gasteiger partial charge in [-0.15, -0.1) is 0 Å². The first-order valence-corrected chi connectivity index (χ1v) is 7.21. The van der Waals surface area contributed by atoms with Crippen molar-refractivity contribution in [1.82, 2.24) is 9.97 Å². The van der Waals surface area contributed by atoms with Crippen LogP contribution in [-0.4, -0.2) is 29.1 Å². The number of rotatable bonds is 5. The summed E-state index contributed by atoms with van der Waals surface area (Å²) in [5, 5.41) is 6.56. The first-order valence-electron chi connectivity index (χ1n) is 7.21. The molecule has 22 heavy (non-hydrogen) atoms. The topological polar surface area (TPSA) is 76.1 Å². The van der Waals surface area contributed by atoms with Gasteiger partial charge in [0.1, 0.15) is 17.5 Å². The summed E-state index contributed by atoms with van der Waals surface area (Å²) >= 11 is 0. The molecule has 0 aliphatic heterocycles. The average Bonchev–Trinajstić information content (AvgIpc) is 3.30. The summed E-state index contributed by atoms with van der Waals surface area (Å²) in [5.74, 6) is 1.84. The van der Waals surface area contributed by atoms with E-state index in [-0.39, 0.29) is 5.97 Å². The van der Waals surface area contributed by atoms with Crippen LogP contribution in [0, 0.1) is 6.92 Å². The van der Waals surface area contributed by atoms with Crippen molar-refractivity contribution in [3.05, 3.63) is 41.7 Å². The molecule has 2 aromatic rings. The predicted octanol–water partition coefficient (Wildman–Crippen LogP) is 2.89. The third-order valence-electron chi connectivity index (χ3n) is 3.32. The fourth-order valence-corrected chi connectivity index (χ4v) is 2.13. The third-order valence-corrected chi connectivity index (χ3v) is 3.32. The van der Waals surface area contributed by atoms with Crippen LogP contribution in [-0.2, 0) is 4.74 Å². The molecule has 1 aliphatic rings. The van der Waals surface area contributed by atoms with E-state index in [1.165, 1.54) is 20.0 Å². The molecule has 1 fully saturated rings. The molecule has 6 nitrogen and oxygen atoms in total. The second-order valence-electron chi connectivity index (χ2n) is 5.30. The van der Waals surface area contributed by atoms with Gasteiger partial charge < -0.3 is 15.4 Å². The van der Waals surface area contributed by atoms with E-state index < -0.39 is 0 Å². The Morgan fingerprint density at radius 2 is 2.00 bits per heavy atom. The van der Waals surface area contributed by atoms with E-state index in [0.717, 1.165) is 11.5 Å². The van der Waals surface area contributed by atoms with Gasteiger partial charge in [0.25, 0.3) is 0 Å². The maximum atomic E-state index is 11.6. The predicted molar refractivity (Wildman–Crippen MR) is 84.5 cm³/mol. The Morgan fingerprint density at radius 3 is 2.73 bits per heavy atom. The molecule has 0 amide bonds. The highest BCUT2D eigenvalue weighted by Gasteiger charge is 2.21. The minimum atomic E-state index is -0.362. The highest BCUT2D eigenvalue weighted by molar-refractivity contribution is 5.90. The maximum Gasteiger partial charge on any atom is 0.337 e. The van der Waals surface area contributed by atoms with Crippen LogP contribution in [0.4, 0.5) is 17.3 Å². The molecule has 0 radical (unpaired) electrons.